The lowest BCUT2D eigenvalue weighted by molar-refractivity contribution is -0.917. The molecule has 2 nitrogen and oxygen atoms in total. The van der Waals surface area contributed by atoms with Gasteiger partial charge in [-0.15, -0.1) is 0 Å². The highest BCUT2D eigenvalue weighted by Gasteiger charge is 2.22. The lowest BCUT2D eigenvalue weighted by Crippen LogP contribution is -3.13. The second kappa shape index (κ2) is 7.23. The van der Waals surface area contributed by atoms with Gasteiger partial charge in [0.2, 0.25) is 0 Å². The Morgan fingerprint density at radius 2 is 1.64 bits per heavy atom. The number of nitrogens with zero attached hydrogens (tertiary/aromatic N) is 1. The molecule has 4 heteroatoms. The van der Waals surface area contributed by atoms with Crippen LogP contribution >= 0.6 is 23.8 Å². The lowest BCUT2D eigenvalue weighted by atomic mass is 10.1. The van der Waals surface area contributed by atoms with Gasteiger partial charge < -0.3 is 9.80 Å². The monoisotopic (exact) mass is 331 g/mol. The minimum absolute atomic E-state index is 0.753. The minimum Gasteiger partial charge on any atom is -0.351 e. The van der Waals surface area contributed by atoms with Crippen LogP contribution in [0.1, 0.15) is 11.1 Å². The van der Waals surface area contributed by atoms with Gasteiger partial charge in [-0.05, 0) is 12.1 Å². The topological polar surface area (TPSA) is 7.68 Å². The van der Waals surface area contributed by atoms with Crippen LogP contribution in [-0.4, -0.2) is 36.1 Å². The van der Waals surface area contributed by atoms with E-state index in [1.165, 1.54) is 5.56 Å². The summed E-state index contributed by atoms with van der Waals surface area (Å²) in [5.74, 6) is 0. The summed E-state index contributed by atoms with van der Waals surface area (Å²) >= 11 is 11.6. The van der Waals surface area contributed by atoms with E-state index in [0.29, 0.717) is 0 Å². The van der Waals surface area contributed by atoms with Crippen molar-refractivity contribution >= 4 is 28.8 Å². The third-order valence-electron chi connectivity index (χ3n) is 4.15. The van der Waals surface area contributed by atoms with E-state index in [0.717, 1.165) is 48.3 Å². The average Bonchev–Trinajstić information content (AvgIpc) is 2.57. The molecule has 0 saturated carbocycles. The van der Waals surface area contributed by atoms with Gasteiger partial charge in [-0.3, -0.25) is 0 Å². The summed E-state index contributed by atoms with van der Waals surface area (Å²) < 4.78 is 0. The molecule has 1 fully saturated rings. The zero-order chi connectivity index (χ0) is 15.4. The largest absolute Gasteiger partial charge is 0.351 e. The van der Waals surface area contributed by atoms with E-state index in [4.69, 9.17) is 23.8 Å². The number of hydrogen-bond donors (Lipinski definition) is 1. The second-order valence-electron chi connectivity index (χ2n) is 5.71. The van der Waals surface area contributed by atoms with Crippen LogP contribution in [0.2, 0.25) is 5.02 Å². The van der Waals surface area contributed by atoms with E-state index >= 15 is 0 Å². The summed E-state index contributed by atoms with van der Waals surface area (Å²) in [4.78, 5) is 4.88. The van der Waals surface area contributed by atoms with Crippen LogP contribution in [0.5, 0.6) is 0 Å². The van der Waals surface area contributed by atoms with Crippen molar-refractivity contribution in [3.8, 4) is 0 Å². The molecule has 1 saturated heterocycles. The fourth-order valence-corrected chi connectivity index (χ4v) is 3.31. The molecule has 1 aliphatic heterocycles. The molecule has 0 atom stereocenters. The molecule has 0 bridgehead atoms. The van der Waals surface area contributed by atoms with E-state index in [2.05, 4.69) is 35.2 Å². The predicted octanol–water partition coefficient (Wildman–Crippen LogP) is 2.42. The molecule has 2 aromatic rings. The molecule has 3 rings (SSSR count). The SMILES string of the molecule is S=C(c1ccc(Cl)cc1)N1CC[NH+](Cc2ccccc2)CC1. The van der Waals surface area contributed by atoms with Crippen LogP contribution in [-0.2, 0) is 6.54 Å². The first-order chi connectivity index (χ1) is 10.7. The Bertz CT molecular complexity index is 619. The van der Waals surface area contributed by atoms with Gasteiger partial charge in [0.1, 0.15) is 11.5 Å². The molecular formula is C18H20ClN2S+. The molecule has 0 unspecified atom stereocenters. The van der Waals surface area contributed by atoms with E-state index in [1.807, 2.05) is 24.3 Å². The molecule has 0 aliphatic carbocycles. The maximum Gasteiger partial charge on any atom is 0.109 e. The Kier molecular flexibility index (Phi) is 5.08. The van der Waals surface area contributed by atoms with Gasteiger partial charge in [0, 0.05) is 16.1 Å². The highest BCUT2D eigenvalue weighted by Crippen LogP contribution is 2.12. The van der Waals surface area contributed by atoms with Crippen LogP contribution in [0, 0.1) is 0 Å². The first-order valence-electron chi connectivity index (χ1n) is 7.65. The van der Waals surface area contributed by atoms with E-state index in [-0.39, 0.29) is 0 Å². The van der Waals surface area contributed by atoms with Crippen LogP contribution in [0.4, 0.5) is 0 Å². The molecule has 114 valence electrons. The second-order valence-corrected chi connectivity index (χ2v) is 6.53. The van der Waals surface area contributed by atoms with Crippen molar-refractivity contribution < 1.29 is 4.90 Å². The summed E-state index contributed by atoms with van der Waals surface area (Å²) in [5.41, 5.74) is 2.50. The Balaban J connectivity index is 1.55. The molecule has 0 aromatic heterocycles. The third-order valence-corrected chi connectivity index (χ3v) is 4.89. The standard InChI is InChI=1S/C18H19ClN2S/c19-17-8-6-16(7-9-17)18(22)21-12-10-20(11-13-21)14-15-4-2-1-3-5-15/h1-9H,10-14H2/p+1. The Hall–Kier alpha value is -1.42. The van der Waals surface area contributed by atoms with Crippen LogP contribution in [0.3, 0.4) is 0 Å². The maximum absolute atomic E-state index is 5.94. The predicted molar refractivity (Wildman–Crippen MR) is 95.6 cm³/mol. The maximum atomic E-state index is 5.94. The summed E-state index contributed by atoms with van der Waals surface area (Å²) in [6, 6.07) is 18.5. The first-order valence-corrected chi connectivity index (χ1v) is 8.43. The van der Waals surface area contributed by atoms with Gasteiger partial charge >= 0.3 is 0 Å². The third kappa shape index (κ3) is 3.86. The van der Waals surface area contributed by atoms with Crippen LogP contribution in [0.15, 0.2) is 54.6 Å². The van der Waals surface area contributed by atoms with E-state index in [9.17, 15) is 0 Å². The van der Waals surface area contributed by atoms with Crippen molar-refractivity contribution in [3.63, 3.8) is 0 Å². The van der Waals surface area contributed by atoms with Gasteiger partial charge in [0.25, 0.3) is 0 Å². The number of nitrogens with one attached hydrogen (secondary N) is 1. The summed E-state index contributed by atoms with van der Waals surface area (Å²) in [5, 5.41) is 0.753. The normalized spacial score (nSPS) is 15.8. The number of quaternary nitrogens is 1. The van der Waals surface area contributed by atoms with Crippen molar-refractivity contribution in [2.24, 2.45) is 0 Å². The van der Waals surface area contributed by atoms with Crippen LogP contribution in [0.25, 0.3) is 0 Å². The summed E-state index contributed by atoms with van der Waals surface area (Å²) in [6.45, 7) is 5.39. The number of rotatable bonds is 3. The molecule has 22 heavy (non-hydrogen) atoms. The van der Waals surface area contributed by atoms with Crippen molar-refractivity contribution in [2.75, 3.05) is 26.2 Å². The smallest absolute Gasteiger partial charge is 0.109 e. The van der Waals surface area contributed by atoms with Gasteiger partial charge in [-0.25, -0.2) is 0 Å². The van der Waals surface area contributed by atoms with Gasteiger partial charge in [0.05, 0.1) is 26.2 Å². The molecule has 1 aliphatic rings. The van der Waals surface area contributed by atoms with Gasteiger partial charge in [0.15, 0.2) is 0 Å². The molecule has 0 amide bonds. The summed E-state index contributed by atoms with van der Waals surface area (Å²) in [6.07, 6.45) is 0. The summed E-state index contributed by atoms with van der Waals surface area (Å²) in [7, 11) is 0. The highest BCUT2D eigenvalue weighted by molar-refractivity contribution is 7.80. The molecular weight excluding hydrogens is 312 g/mol. The Morgan fingerprint density at radius 1 is 1.00 bits per heavy atom. The van der Waals surface area contributed by atoms with Gasteiger partial charge in [-0.2, -0.15) is 0 Å². The first kappa shape index (κ1) is 15.5. The molecule has 2 aromatic carbocycles. The zero-order valence-corrected chi connectivity index (χ0v) is 14.0. The Labute approximate surface area is 142 Å². The van der Waals surface area contributed by atoms with E-state index < -0.39 is 0 Å². The van der Waals surface area contributed by atoms with Crippen molar-refractivity contribution in [1.82, 2.24) is 4.90 Å². The quantitative estimate of drug-likeness (QED) is 0.864. The average molecular weight is 332 g/mol. The molecule has 1 N–H and O–H groups in total. The van der Waals surface area contributed by atoms with Crippen LogP contribution < -0.4 is 4.90 Å². The lowest BCUT2D eigenvalue weighted by Gasteiger charge is -2.34. The van der Waals surface area contributed by atoms with Crippen molar-refractivity contribution in [3.05, 3.63) is 70.7 Å². The number of hydrogen-bond acceptors (Lipinski definition) is 1. The fraction of sp³-hybridized carbons (Fsp3) is 0.278. The number of thiocarbonyl (C=S) groups is 1. The molecule has 0 radical (unpaired) electrons. The molecule has 1 heterocycles. The van der Waals surface area contributed by atoms with Gasteiger partial charge in [-0.1, -0.05) is 66.3 Å². The zero-order valence-electron chi connectivity index (χ0n) is 12.5. The van der Waals surface area contributed by atoms with Crippen molar-refractivity contribution in [2.45, 2.75) is 6.54 Å². The number of halogens is 1. The van der Waals surface area contributed by atoms with Crippen molar-refractivity contribution in [1.29, 1.82) is 0 Å². The highest BCUT2D eigenvalue weighted by atomic mass is 35.5. The fourth-order valence-electron chi connectivity index (χ4n) is 2.86. The van der Waals surface area contributed by atoms with E-state index in [1.54, 1.807) is 4.90 Å². The minimum atomic E-state index is 0.753. The number of benzene rings is 2. The number of piperazine rings is 1. The Morgan fingerprint density at radius 3 is 2.27 bits per heavy atom. The molecule has 0 spiro atoms.